The van der Waals surface area contributed by atoms with Gasteiger partial charge in [0.15, 0.2) is 0 Å². The van der Waals surface area contributed by atoms with Crippen molar-refractivity contribution in [1.82, 2.24) is 4.57 Å². The molecule has 63 heavy (non-hydrogen) atoms. The number of hydrogen-bond acceptors (Lipinski definition) is 1. The fraction of sp³-hybridized carbons (Fsp3) is 0.213. The molecule has 9 aromatic rings. The number of nitrogens with zero attached hydrogens (tertiary/aromatic N) is 2. The van der Waals surface area contributed by atoms with Gasteiger partial charge in [0, 0.05) is 36.1 Å². The lowest BCUT2D eigenvalue weighted by Gasteiger charge is -2.33. The standard InChI is InChI=1S/C61H52N2/c1-4-18-41(19-5-1)43-34-36-48-49-37-35-44(42-20-6-2-7-21-42)39-56(49)61(55(48)38-43)53-29-13-10-28-52(53)60-54(61)30-17-33-59(60)62(45-22-8-3-9-23-45)46-24-16-25-47(40-46)63-57-31-14-11-26-50(57)51-27-12-15-32-58(51)63/h3,8-17,22-42H,1-2,4-7,18-21H2/i41D,42D. The Balaban J connectivity index is 1.07. The van der Waals surface area contributed by atoms with E-state index in [0.717, 1.165) is 85.2 Å². The molecular formula is C61H52N2. The van der Waals surface area contributed by atoms with E-state index in [9.17, 15) is 2.74 Å². The first-order valence-corrected chi connectivity index (χ1v) is 23.4. The molecule has 0 amide bonds. The van der Waals surface area contributed by atoms with Crippen molar-refractivity contribution in [3.63, 3.8) is 0 Å². The maximum absolute atomic E-state index is 9.93. The third kappa shape index (κ3) is 5.56. The molecule has 0 atom stereocenters. The van der Waals surface area contributed by atoms with Crippen molar-refractivity contribution >= 4 is 38.9 Å². The van der Waals surface area contributed by atoms with Crippen LogP contribution in [0, 0.1) is 0 Å². The molecule has 1 spiro atoms. The molecule has 0 saturated heterocycles. The minimum Gasteiger partial charge on any atom is -0.310 e. The molecule has 1 aromatic heterocycles. The summed E-state index contributed by atoms with van der Waals surface area (Å²) in [6.07, 6.45) is 10.4. The van der Waals surface area contributed by atoms with Gasteiger partial charge in [0.2, 0.25) is 0 Å². The number of anilines is 3. The number of hydrogen-bond donors (Lipinski definition) is 0. The van der Waals surface area contributed by atoms with Crippen LogP contribution in [0.25, 0.3) is 49.7 Å². The first-order valence-electron chi connectivity index (χ1n) is 24.4. The van der Waals surface area contributed by atoms with Crippen molar-refractivity contribution in [1.29, 1.82) is 0 Å². The summed E-state index contributed by atoms with van der Waals surface area (Å²) in [5.74, 6) is -1.20. The second kappa shape index (κ2) is 14.7. The lowest BCUT2D eigenvalue weighted by atomic mass is 9.69. The van der Waals surface area contributed by atoms with Gasteiger partial charge in [-0.1, -0.05) is 172 Å². The van der Waals surface area contributed by atoms with E-state index >= 15 is 0 Å². The van der Waals surface area contributed by atoms with Gasteiger partial charge in [0.1, 0.15) is 0 Å². The van der Waals surface area contributed by atoms with Gasteiger partial charge in [0.25, 0.3) is 0 Å². The molecule has 2 saturated carbocycles. The molecule has 0 unspecified atom stereocenters. The van der Waals surface area contributed by atoms with Gasteiger partial charge in [-0.15, -0.1) is 0 Å². The largest absolute Gasteiger partial charge is 0.310 e. The molecule has 0 aliphatic heterocycles. The Labute approximate surface area is 374 Å². The first kappa shape index (κ1) is 34.9. The SMILES string of the molecule is [2H]C1(c2ccc3c(c2)C2(c4cc(C5([2H])CCCCC5)ccc4-3)c3ccccc3-c3c(N(c4ccccc4)c4cccc(-n5c6ccccc6c6ccccc65)c4)cccc32)CCCCC1. The first-order chi connectivity index (χ1) is 32.0. The third-order valence-electron chi connectivity index (χ3n) is 15.1. The zero-order valence-corrected chi connectivity index (χ0v) is 35.8. The van der Waals surface area contributed by atoms with Gasteiger partial charge >= 0.3 is 0 Å². The molecule has 4 aliphatic carbocycles. The molecule has 0 N–H and O–H groups in total. The van der Waals surface area contributed by atoms with E-state index in [4.69, 9.17) is 0 Å². The number of para-hydroxylation sites is 3. The molecule has 2 nitrogen and oxygen atoms in total. The molecule has 0 radical (unpaired) electrons. The average molecular weight is 815 g/mol. The fourth-order valence-corrected chi connectivity index (χ4v) is 12.3. The Morgan fingerprint density at radius 1 is 0.429 bits per heavy atom. The van der Waals surface area contributed by atoms with Crippen molar-refractivity contribution in [2.24, 2.45) is 0 Å². The smallest absolute Gasteiger partial charge is 0.0726 e. The Morgan fingerprint density at radius 2 is 0.968 bits per heavy atom. The number of aromatic nitrogens is 1. The molecule has 306 valence electrons. The zero-order valence-electron chi connectivity index (χ0n) is 37.8. The minimum atomic E-state index is -0.623. The molecule has 4 aliphatic rings. The Hall–Kier alpha value is -6.64. The highest BCUT2D eigenvalue weighted by Gasteiger charge is 2.53. The molecule has 2 fully saturated rings. The van der Waals surface area contributed by atoms with E-state index in [-0.39, 0.29) is 0 Å². The van der Waals surface area contributed by atoms with Crippen LogP contribution in [0.1, 0.15) is 112 Å². The zero-order chi connectivity index (χ0) is 43.3. The van der Waals surface area contributed by atoms with Crippen LogP contribution < -0.4 is 4.90 Å². The predicted molar refractivity (Wildman–Crippen MR) is 263 cm³/mol. The fourth-order valence-electron chi connectivity index (χ4n) is 12.3. The van der Waals surface area contributed by atoms with Crippen LogP contribution in [0.3, 0.4) is 0 Å². The summed E-state index contributed by atoms with van der Waals surface area (Å²) in [4.78, 5) is 2.47. The summed E-state index contributed by atoms with van der Waals surface area (Å²) < 4.78 is 22.3. The summed E-state index contributed by atoms with van der Waals surface area (Å²) in [6.45, 7) is 0. The van der Waals surface area contributed by atoms with E-state index in [1.54, 1.807) is 0 Å². The van der Waals surface area contributed by atoms with Crippen molar-refractivity contribution in [2.45, 2.75) is 81.4 Å². The number of benzene rings is 8. The Bertz CT molecular complexity index is 3200. The van der Waals surface area contributed by atoms with Crippen molar-refractivity contribution < 1.29 is 2.74 Å². The van der Waals surface area contributed by atoms with Crippen LogP contribution in [0.4, 0.5) is 17.1 Å². The maximum atomic E-state index is 9.93. The average Bonchev–Trinajstić information content (AvgIpc) is 3.97. The predicted octanol–water partition coefficient (Wildman–Crippen LogP) is 16.7. The summed E-state index contributed by atoms with van der Waals surface area (Å²) in [5, 5.41) is 2.50. The van der Waals surface area contributed by atoms with Crippen LogP contribution in [-0.2, 0) is 5.41 Å². The monoisotopic (exact) mass is 814 g/mol. The minimum absolute atomic E-state index is 0.601. The van der Waals surface area contributed by atoms with E-state index in [2.05, 4.69) is 191 Å². The molecule has 0 bridgehead atoms. The molecule has 8 aromatic carbocycles. The summed E-state index contributed by atoms with van der Waals surface area (Å²) in [6, 6.07) is 67.7. The van der Waals surface area contributed by atoms with Crippen molar-refractivity contribution in [2.75, 3.05) is 4.90 Å². The Morgan fingerprint density at radius 3 is 1.62 bits per heavy atom. The van der Waals surface area contributed by atoms with Crippen LogP contribution in [0.2, 0.25) is 0 Å². The van der Waals surface area contributed by atoms with E-state index < -0.39 is 17.2 Å². The van der Waals surface area contributed by atoms with Crippen LogP contribution in [0.5, 0.6) is 0 Å². The van der Waals surface area contributed by atoms with E-state index in [1.165, 1.54) is 79.2 Å². The van der Waals surface area contributed by atoms with E-state index in [0.29, 0.717) is 0 Å². The highest BCUT2D eigenvalue weighted by atomic mass is 15.1. The van der Waals surface area contributed by atoms with Gasteiger partial charge in [-0.25, -0.2) is 0 Å². The van der Waals surface area contributed by atoms with Crippen LogP contribution in [-0.4, -0.2) is 4.57 Å². The normalized spacial score (nSPS) is 18.0. The second-order valence-electron chi connectivity index (χ2n) is 18.4. The van der Waals surface area contributed by atoms with Gasteiger partial charge < -0.3 is 9.47 Å². The lowest BCUT2D eigenvalue weighted by Crippen LogP contribution is -2.26. The quantitative estimate of drug-likeness (QED) is 0.162. The highest BCUT2D eigenvalue weighted by molar-refractivity contribution is 6.09. The molecular weight excluding hydrogens is 761 g/mol. The lowest BCUT2D eigenvalue weighted by molar-refractivity contribution is 0.443. The number of rotatable bonds is 6. The van der Waals surface area contributed by atoms with E-state index in [1.807, 2.05) is 0 Å². The van der Waals surface area contributed by atoms with Crippen LogP contribution >= 0.6 is 0 Å². The van der Waals surface area contributed by atoms with Gasteiger partial charge in [-0.3, -0.25) is 0 Å². The topological polar surface area (TPSA) is 8.17 Å². The second-order valence-corrected chi connectivity index (χ2v) is 18.4. The van der Waals surface area contributed by atoms with Crippen molar-refractivity contribution in [3.05, 3.63) is 215 Å². The highest BCUT2D eigenvalue weighted by Crippen LogP contribution is 2.65. The number of fused-ring (bicyclic) bond motifs is 13. The van der Waals surface area contributed by atoms with Crippen LogP contribution in [0.15, 0.2) is 182 Å². The van der Waals surface area contributed by atoms with Gasteiger partial charge in [0.05, 0.1) is 22.1 Å². The maximum Gasteiger partial charge on any atom is 0.0726 e. The summed E-state index contributed by atoms with van der Waals surface area (Å²) in [7, 11) is 0. The summed E-state index contributed by atoms with van der Waals surface area (Å²) in [5.41, 5.74) is 18.6. The van der Waals surface area contributed by atoms with Crippen molar-refractivity contribution in [3.8, 4) is 27.9 Å². The van der Waals surface area contributed by atoms with Gasteiger partial charge in [-0.2, -0.15) is 0 Å². The summed E-state index contributed by atoms with van der Waals surface area (Å²) >= 11 is 0. The third-order valence-corrected chi connectivity index (χ3v) is 15.1. The van der Waals surface area contributed by atoms with Gasteiger partial charge in [-0.05, 0) is 136 Å². The Kier molecular flexibility index (Phi) is 8.16. The molecule has 13 rings (SSSR count). The molecule has 2 heteroatoms. The molecule has 1 heterocycles.